The van der Waals surface area contributed by atoms with Crippen molar-refractivity contribution in [3.05, 3.63) is 11.3 Å². The van der Waals surface area contributed by atoms with E-state index in [9.17, 15) is 0 Å². The van der Waals surface area contributed by atoms with Gasteiger partial charge in [-0.2, -0.15) is 5.10 Å². The number of hydrogen-bond acceptors (Lipinski definition) is 3. The number of anilines is 1. The van der Waals surface area contributed by atoms with Crippen LogP contribution in [0.2, 0.25) is 0 Å². The summed E-state index contributed by atoms with van der Waals surface area (Å²) in [7, 11) is 4.04. The van der Waals surface area contributed by atoms with Gasteiger partial charge in [0.2, 0.25) is 0 Å². The number of hydrogen-bond donors (Lipinski definition) is 1. The molecule has 1 rings (SSSR count). The lowest BCUT2D eigenvalue weighted by Gasteiger charge is -2.24. The van der Waals surface area contributed by atoms with Crippen molar-refractivity contribution in [3.8, 4) is 0 Å². The zero-order valence-electron chi connectivity index (χ0n) is 11.1. The number of aromatic nitrogens is 2. The fourth-order valence-corrected chi connectivity index (χ4v) is 1.96. The highest BCUT2D eigenvalue weighted by molar-refractivity contribution is 5.42. The predicted octanol–water partition coefficient (Wildman–Crippen LogP) is 1.93. The summed E-state index contributed by atoms with van der Waals surface area (Å²) >= 11 is 0. The molecule has 0 saturated carbocycles. The van der Waals surface area contributed by atoms with Crippen molar-refractivity contribution in [3.63, 3.8) is 0 Å². The Balaban J connectivity index is 2.72. The van der Waals surface area contributed by atoms with Crippen LogP contribution in [0.15, 0.2) is 0 Å². The lowest BCUT2D eigenvalue weighted by atomic mass is 10.1. The summed E-state index contributed by atoms with van der Waals surface area (Å²) in [4.78, 5) is 2.34. The third-order valence-electron chi connectivity index (χ3n) is 3.26. The predicted molar refractivity (Wildman–Crippen MR) is 68.2 cm³/mol. The highest BCUT2D eigenvalue weighted by Gasteiger charge is 2.15. The molecule has 0 saturated heterocycles. The molecule has 0 fully saturated rings. The van der Waals surface area contributed by atoms with Crippen molar-refractivity contribution < 1.29 is 0 Å². The molecule has 1 heterocycles. The van der Waals surface area contributed by atoms with Crippen LogP contribution >= 0.6 is 0 Å². The van der Waals surface area contributed by atoms with Crippen molar-refractivity contribution in [1.82, 2.24) is 14.7 Å². The first-order valence-electron chi connectivity index (χ1n) is 5.95. The maximum absolute atomic E-state index is 6.00. The monoisotopic (exact) mass is 224 g/mol. The average Bonchev–Trinajstić information content (AvgIpc) is 2.45. The molecule has 0 radical (unpaired) electrons. The van der Waals surface area contributed by atoms with Crippen molar-refractivity contribution in [2.75, 3.05) is 12.8 Å². The minimum Gasteiger partial charge on any atom is -0.384 e. The van der Waals surface area contributed by atoms with Gasteiger partial charge in [-0.05, 0) is 27.3 Å². The molecule has 1 atom stereocenters. The molecule has 0 amide bonds. The summed E-state index contributed by atoms with van der Waals surface area (Å²) in [5, 5.41) is 4.33. The minimum atomic E-state index is 0.587. The van der Waals surface area contributed by atoms with Crippen LogP contribution in [0.5, 0.6) is 0 Å². The lowest BCUT2D eigenvalue weighted by molar-refractivity contribution is 0.237. The molecule has 1 unspecified atom stereocenters. The SMILES string of the molecule is CCCC(C)N(C)Cc1c(C)nn(C)c1N. The average molecular weight is 224 g/mol. The Hall–Kier alpha value is -1.03. The zero-order chi connectivity index (χ0) is 12.3. The van der Waals surface area contributed by atoms with E-state index in [1.807, 2.05) is 14.0 Å². The Bertz CT molecular complexity index is 343. The molecule has 0 aliphatic rings. The summed E-state index contributed by atoms with van der Waals surface area (Å²) < 4.78 is 1.75. The quantitative estimate of drug-likeness (QED) is 0.831. The molecule has 92 valence electrons. The van der Waals surface area contributed by atoms with E-state index in [1.165, 1.54) is 12.8 Å². The van der Waals surface area contributed by atoms with E-state index in [1.54, 1.807) is 4.68 Å². The van der Waals surface area contributed by atoms with Crippen LogP contribution in [0.25, 0.3) is 0 Å². The second-order valence-corrected chi connectivity index (χ2v) is 4.63. The number of nitrogens with two attached hydrogens (primary N) is 1. The van der Waals surface area contributed by atoms with E-state index in [4.69, 9.17) is 5.73 Å². The lowest BCUT2D eigenvalue weighted by Crippen LogP contribution is -2.28. The summed E-state index contributed by atoms with van der Waals surface area (Å²) in [6.07, 6.45) is 2.43. The maximum atomic E-state index is 6.00. The molecule has 1 aromatic heterocycles. The van der Waals surface area contributed by atoms with Crippen molar-refractivity contribution in [2.24, 2.45) is 7.05 Å². The molecule has 0 aliphatic carbocycles. The summed E-state index contributed by atoms with van der Waals surface area (Å²) in [6.45, 7) is 7.37. The van der Waals surface area contributed by atoms with Crippen LogP contribution in [0.1, 0.15) is 37.9 Å². The van der Waals surface area contributed by atoms with Crippen LogP contribution in [0.3, 0.4) is 0 Å². The fraction of sp³-hybridized carbons (Fsp3) is 0.750. The van der Waals surface area contributed by atoms with Gasteiger partial charge in [-0.25, -0.2) is 0 Å². The third-order valence-corrected chi connectivity index (χ3v) is 3.26. The van der Waals surface area contributed by atoms with Crippen molar-refractivity contribution in [2.45, 2.75) is 46.2 Å². The van der Waals surface area contributed by atoms with Crippen LogP contribution < -0.4 is 5.73 Å². The second kappa shape index (κ2) is 5.34. The Morgan fingerprint density at radius 1 is 1.50 bits per heavy atom. The van der Waals surface area contributed by atoms with Gasteiger partial charge in [0.25, 0.3) is 0 Å². The molecule has 1 aromatic rings. The van der Waals surface area contributed by atoms with Gasteiger partial charge < -0.3 is 5.73 Å². The highest BCUT2D eigenvalue weighted by Crippen LogP contribution is 2.18. The standard InChI is InChI=1S/C12H24N4/c1-6-7-9(2)15(4)8-11-10(3)14-16(5)12(11)13/h9H,6-8,13H2,1-5H3. The third kappa shape index (κ3) is 2.76. The van der Waals surface area contributed by atoms with Gasteiger partial charge >= 0.3 is 0 Å². The Morgan fingerprint density at radius 2 is 2.12 bits per heavy atom. The largest absolute Gasteiger partial charge is 0.384 e. The first kappa shape index (κ1) is 13.0. The van der Waals surface area contributed by atoms with Crippen molar-refractivity contribution in [1.29, 1.82) is 0 Å². The summed E-state index contributed by atoms with van der Waals surface area (Å²) in [6, 6.07) is 0.587. The molecule has 4 nitrogen and oxygen atoms in total. The summed E-state index contributed by atoms with van der Waals surface area (Å²) in [5.74, 6) is 0.785. The molecule has 0 aliphatic heterocycles. The zero-order valence-corrected chi connectivity index (χ0v) is 11.1. The second-order valence-electron chi connectivity index (χ2n) is 4.63. The molecule has 16 heavy (non-hydrogen) atoms. The molecule has 4 heteroatoms. The normalized spacial score (nSPS) is 13.4. The highest BCUT2D eigenvalue weighted by atomic mass is 15.3. The van der Waals surface area contributed by atoms with Gasteiger partial charge in [-0.3, -0.25) is 9.58 Å². The van der Waals surface area contributed by atoms with E-state index < -0.39 is 0 Å². The van der Waals surface area contributed by atoms with Crippen LogP contribution in [0.4, 0.5) is 5.82 Å². The number of nitrogens with zero attached hydrogens (tertiary/aromatic N) is 3. The molecule has 0 aromatic carbocycles. The van der Waals surface area contributed by atoms with E-state index in [0.29, 0.717) is 6.04 Å². The van der Waals surface area contributed by atoms with Crippen LogP contribution in [0, 0.1) is 6.92 Å². The molecular formula is C12H24N4. The number of rotatable bonds is 5. The van der Waals surface area contributed by atoms with Crippen LogP contribution in [-0.4, -0.2) is 27.8 Å². The molecule has 0 bridgehead atoms. The topological polar surface area (TPSA) is 47.1 Å². The first-order valence-corrected chi connectivity index (χ1v) is 5.95. The van der Waals surface area contributed by atoms with E-state index in [2.05, 4.69) is 30.9 Å². The Kier molecular flexibility index (Phi) is 4.35. The molecule has 0 spiro atoms. The molecule has 2 N–H and O–H groups in total. The Morgan fingerprint density at radius 3 is 2.56 bits per heavy atom. The van der Waals surface area contributed by atoms with Gasteiger partial charge in [-0.1, -0.05) is 13.3 Å². The van der Waals surface area contributed by atoms with Gasteiger partial charge in [0.15, 0.2) is 0 Å². The van der Waals surface area contributed by atoms with Gasteiger partial charge in [0, 0.05) is 25.2 Å². The van der Waals surface area contributed by atoms with Gasteiger partial charge in [-0.15, -0.1) is 0 Å². The number of aryl methyl sites for hydroxylation is 2. The number of nitrogen functional groups attached to an aromatic ring is 1. The minimum absolute atomic E-state index is 0.587. The van der Waals surface area contributed by atoms with E-state index >= 15 is 0 Å². The summed E-state index contributed by atoms with van der Waals surface area (Å²) in [5.41, 5.74) is 8.20. The first-order chi connectivity index (χ1) is 7.47. The smallest absolute Gasteiger partial charge is 0.126 e. The maximum Gasteiger partial charge on any atom is 0.126 e. The molecular weight excluding hydrogens is 200 g/mol. The Labute approximate surface area is 98.4 Å². The fourth-order valence-electron chi connectivity index (χ4n) is 1.96. The van der Waals surface area contributed by atoms with Crippen molar-refractivity contribution >= 4 is 5.82 Å². The van der Waals surface area contributed by atoms with Crippen LogP contribution in [-0.2, 0) is 13.6 Å². The van der Waals surface area contributed by atoms with E-state index in [-0.39, 0.29) is 0 Å². The van der Waals surface area contributed by atoms with E-state index in [0.717, 1.165) is 23.6 Å². The van der Waals surface area contributed by atoms with Gasteiger partial charge in [0.1, 0.15) is 5.82 Å². The van der Waals surface area contributed by atoms with Gasteiger partial charge in [0.05, 0.1) is 5.69 Å².